The van der Waals surface area contributed by atoms with Gasteiger partial charge >= 0.3 is 0 Å². The first-order valence-electron chi connectivity index (χ1n) is 7.77. The van der Waals surface area contributed by atoms with Crippen LogP contribution in [0.4, 0.5) is 0 Å². The molecule has 0 saturated heterocycles. The number of hydrogen-bond acceptors (Lipinski definition) is 1. The Hall–Kier alpha value is -1.65. The van der Waals surface area contributed by atoms with Crippen LogP contribution in [0.15, 0.2) is 41.0 Å². The van der Waals surface area contributed by atoms with E-state index in [1.54, 1.807) is 0 Å². The number of nitrogens with zero attached hydrogens (tertiary/aromatic N) is 3. The molecule has 4 aromatic rings. The number of benzene rings is 1. The molecule has 0 bridgehead atoms. The lowest BCUT2D eigenvalue weighted by molar-refractivity contribution is -0.553. The van der Waals surface area contributed by atoms with Gasteiger partial charge in [0.15, 0.2) is 0 Å². The largest absolute Gasteiger partial charge is 0.292 e. The lowest BCUT2D eigenvalue weighted by Crippen LogP contribution is -2.31. The van der Waals surface area contributed by atoms with Crippen LogP contribution < -0.4 is 4.52 Å². The van der Waals surface area contributed by atoms with E-state index in [0.29, 0.717) is 0 Å². The summed E-state index contributed by atoms with van der Waals surface area (Å²) < 4.78 is 5.24. The molecule has 0 spiro atoms. The van der Waals surface area contributed by atoms with E-state index < -0.39 is 0 Å². The van der Waals surface area contributed by atoms with Crippen molar-refractivity contribution in [1.82, 2.24) is 9.50 Å². The summed E-state index contributed by atoms with van der Waals surface area (Å²) in [5.74, 6) is 0. The number of halogens is 2. The Morgan fingerprint density at radius 1 is 1.04 bits per heavy atom. The lowest BCUT2D eigenvalue weighted by Gasteiger charge is -2.07. The molecule has 0 aliphatic carbocycles. The Kier molecular flexibility index (Phi) is 3.54. The highest BCUT2D eigenvalue weighted by Crippen LogP contribution is 2.26. The zero-order valence-corrected chi connectivity index (χ0v) is 15.3. The van der Waals surface area contributed by atoms with Gasteiger partial charge in [-0.3, -0.25) is 4.40 Å². The topological polar surface area (TPSA) is 21.4 Å². The zero-order chi connectivity index (χ0) is 16.1. The third-order valence-corrected chi connectivity index (χ3v) is 5.20. The molecule has 0 radical (unpaired) electrons. The highest BCUT2D eigenvalue weighted by Gasteiger charge is 2.21. The quantitative estimate of drug-likeness (QED) is 0.357. The molecule has 3 nitrogen and oxygen atoms in total. The Morgan fingerprint density at radius 3 is 2.61 bits per heavy atom. The summed E-state index contributed by atoms with van der Waals surface area (Å²) >= 11 is 9.89. The fourth-order valence-electron chi connectivity index (χ4n) is 3.23. The minimum Gasteiger partial charge on any atom is -0.292 e. The van der Waals surface area contributed by atoms with Crippen molar-refractivity contribution in [2.45, 2.75) is 26.7 Å². The van der Waals surface area contributed by atoms with Gasteiger partial charge in [0.1, 0.15) is 16.7 Å². The standard InChI is InChI=1S/C18H16BrClN3/c1-3-11-9-17-14-7-8-18(19)22(14)16-10-12(20)5-6-15(16)23(17)21-13(11)4-2/h5-10H,3-4H2,1-2H3/q+1. The normalized spacial score (nSPS) is 11.8. The summed E-state index contributed by atoms with van der Waals surface area (Å²) in [6, 6.07) is 12.4. The van der Waals surface area contributed by atoms with Gasteiger partial charge in [0.05, 0.1) is 4.60 Å². The van der Waals surface area contributed by atoms with E-state index in [1.807, 2.05) is 22.7 Å². The van der Waals surface area contributed by atoms with Crippen molar-refractivity contribution in [2.75, 3.05) is 0 Å². The molecule has 23 heavy (non-hydrogen) atoms. The molecule has 0 saturated carbocycles. The number of hydrogen-bond donors (Lipinski definition) is 0. The molecule has 3 aromatic heterocycles. The molecule has 0 fully saturated rings. The summed E-state index contributed by atoms with van der Waals surface area (Å²) in [5, 5.41) is 5.65. The number of aryl methyl sites for hydroxylation is 2. The third-order valence-electron chi connectivity index (χ3n) is 4.35. The molecular weight excluding hydrogens is 374 g/mol. The van der Waals surface area contributed by atoms with Crippen molar-refractivity contribution < 1.29 is 4.52 Å². The molecule has 5 heteroatoms. The van der Waals surface area contributed by atoms with Crippen LogP contribution in [0.2, 0.25) is 5.02 Å². The molecule has 0 atom stereocenters. The summed E-state index contributed by atoms with van der Waals surface area (Å²) in [4.78, 5) is 0. The molecule has 1 aromatic carbocycles. The van der Waals surface area contributed by atoms with Gasteiger partial charge in [0, 0.05) is 22.3 Å². The highest BCUT2D eigenvalue weighted by atomic mass is 79.9. The van der Waals surface area contributed by atoms with Crippen LogP contribution in [-0.4, -0.2) is 9.50 Å². The summed E-state index contributed by atoms with van der Waals surface area (Å²) in [6.45, 7) is 4.33. The second-order valence-corrected chi connectivity index (χ2v) is 6.88. The van der Waals surface area contributed by atoms with Crippen molar-refractivity contribution >= 4 is 49.6 Å². The molecule has 0 amide bonds. The van der Waals surface area contributed by atoms with Crippen LogP contribution >= 0.6 is 27.5 Å². The molecule has 0 unspecified atom stereocenters. The van der Waals surface area contributed by atoms with Gasteiger partial charge in [-0.2, -0.15) is 0 Å². The molecule has 4 rings (SSSR count). The molecule has 0 N–H and O–H groups in total. The first kappa shape index (κ1) is 14.9. The van der Waals surface area contributed by atoms with Crippen molar-refractivity contribution in [3.63, 3.8) is 0 Å². The fraction of sp³-hybridized carbons (Fsp3) is 0.222. The van der Waals surface area contributed by atoms with Crippen molar-refractivity contribution in [2.24, 2.45) is 0 Å². The van der Waals surface area contributed by atoms with Crippen LogP contribution in [-0.2, 0) is 12.8 Å². The molecular formula is C18H16BrClN3+. The molecule has 3 heterocycles. The van der Waals surface area contributed by atoms with Crippen LogP contribution in [0.5, 0.6) is 0 Å². The average molecular weight is 390 g/mol. The minimum absolute atomic E-state index is 0.722. The van der Waals surface area contributed by atoms with Crippen LogP contribution in [0.25, 0.3) is 22.1 Å². The van der Waals surface area contributed by atoms with Gasteiger partial charge in [-0.1, -0.05) is 25.4 Å². The van der Waals surface area contributed by atoms with E-state index in [2.05, 4.69) is 52.4 Å². The zero-order valence-electron chi connectivity index (χ0n) is 13.0. The second kappa shape index (κ2) is 5.46. The fourth-order valence-corrected chi connectivity index (χ4v) is 3.91. The number of aromatic nitrogens is 3. The van der Waals surface area contributed by atoms with Gasteiger partial charge in [-0.25, -0.2) is 0 Å². The summed E-state index contributed by atoms with van der Waals surface area (Å²) in [5.41, 5.74) is 6.78. The maximum Gasteiger partial charge on any atom is 0.263 e. The van der Waals surface area contributed by atoms with E-state index in [-0.39, 0.29) is 0 Å². The van der Waals surface area contributed by atoms with E-state index in [4.69, 9.17) is 16.7 Å². The highest BCUT2D eigenvalue weighted by molar-refractivity contribution is 9.10. The third kappa shape index (κ3) is 2.16. The minimum atomic E-state index is 0.722. The number of rotatable bonds is 2. The van der Waals surface area contributed by atoms with Crippen LogP contribution in [0, 0.1) is 0 Å². The maximum absolute atomic E-state index is 6.24. The lowest BCUT2D eigenvalue weighted by atomic mass is 10.1. The first-order chi connectivity index (χ1) is 11.1. The monoisotopic (exact) mass is 388 g/mol. The van der Waals surface area contributed by atoms with Gasteiger partial charge in [-0.05, 0) is 63.1 Å². The smallest absolute Gasteiger partial charge is 0.263 e. The first-order valence-corrected chi connectivity index (χ1v) is 8.94. The maximum atomic E-state index is 6.24. The average Bonchev–Trinajstić information content (AvgIpc) is 2.95. The predicted octanol–water partition coefficient (Wildman–Crippen LogP) is 4.77. The Labute approximate surface area is 147 Å². The molecule has 0 aliphatic rings. The Morgan fingerprint density at radius 2 is 1.87 bits per heavy atom. The van der Waals surface area contributed by atoms with Crippen LogP contribution in [0.3, 0.4) is 0 Å². The van der Waals surface area contributed by atoms with Crippen molar-refractivity contribution in [1.29, 1.82) is 0 Å². The van der Waals surface area contributed by atoms with Gasteiger partial charge in [-0.15, -0.1) is 0 Å². The van der Waals surface area contributed by atoms with E-state index in [0.717, 1.165) is 50.2 Å². The number of fused-ring (bicyclic) bond motifs is 6. The summed E-state index contributed by atoms with van der Waals surface area (Å²) in [7, 11) is 0. The second-order valence-electron chi connectivity index (χ2n) is 5.63. The molecule has 116 valence electrons. The van der Waals surface area contributed by atoms with E-state index >= 15 is 0 Å². The SMILES string of the molecule is CCc1cc2c3ccc(Br)n3c3cc(Cl)ccc3[n+]2nc1CC. The summed E-state index contributed by atoms with van der Waals surface area (Å²) in [6.07, 6.45) is 1.91. The van der Waals surface area contributed by atoms with E-state index in [1.165, 1.54) is 5.56 Å². The van der Waals surface area contributed by atoms with Gasteiger partial charge in [0.25, 0.3) is 11.0 Å². The van der Waals surface area contributed by atoms with Gasteiger partial charge < -0.3 is 0 Å². The Bertz CT molecular complexity index is 1070. The van der Waals surface area contributed by atoms with Crippen molar-refractivity contribution in [3.05, 3.63) is 57.3 Å². The van der Waals surface area contributed by atoms with Gasteiger partial charge in [0.2, 0.25) is 0 Å². The van der Waals surface area contributed by atoms with Crippen LogP contribution in [0.1, 0.15) is 25.1 Å². The van der Waals surface area contributed by atoms with E-state index in [9.17, 15) is 0 Å². The van der Waals surface area contributed by atoms with Crippen molar-refractivity contribution in [3.8, 4) is 0 Å². The molecule has 0 aliphatic heterocycles. The predicted molar refractivity (Wildman–Crippen MR) is 97.3 cm³/mol. The Balaban J connectivity index is 2.32.